The number of carbonyl (C=O) groups is 1. The molecule has 0 N–H and O–H groups in total. The monoisotopic (exact) mass is 318 g/mol. The fourth-order valence-electron chi connectivity index (χ4n) is 1.30. The Morgan fingerprint density at radius 3 is 2.88 bits per heavy atom. The molecular weight excluding hydrogens is 303 g/mol. The summed E-state index contributed by atoms with van der Waals surface area (Å²) in [6.07, 6.45) is 1.35. The first kappa shape index (κ1) is 14.7. The number of hydrogen-bond acceptors (Lipinski definition) is 2. The van der Waals surface area contributed by atoms with Crippen LogP contribution < -0.4 is 0 Å². The Balaban J connectivity index is 2.53. The molecular formula is C13H16BrFOS. The predicted octanol–water partition coefficient (Wildman–Crippen LogP) is 4.23. The molecule has 0 aromatic heterocycles. The Morgan fingerprint density at radius 1 is 1.53 bits per heavy atom. The molecule has 17 heavy (non-hydrogen) atoms. The van der Waals surface area contributed by atoms with Crippen LogP contribution in [0, 0.1) is 5.82 Å². The maximum Gasteiger partial charge on any atom is 0.147 e. The highest BCUT2D eigenvalue weighted by Crippen LogP contribution is 2.20. The zero-order chi connectivity index (χ0) is 12.8. The van der Waals surface area contributed by atoms with E-state index in [0.717, 1.165) is 16.5 Å². The van der Waals surface area contributed by atoms with Crippen LogP contribution in [0.5, 0.6) is 0 Å². The van der Waals surface area contributed by atoms with Crippen molar-refractivity contribution in [1.82, 2.24) is 0 Å². The molecule has 0 heterocycles. The highest BCUT2D eigenvalue weighted by Gasteiger charge is 2.10. The largest absolute Gasteiger partial charge is 0.298 e. The van der Waals surface area contributed by atoms with Gasteiger partial charge in [0, 0.05) is 16.1 Å². The minimum absolute atomic E-state index is 0.140. The summed E-state index contributed by atoms with van der Waals surface area (Å²) in [4.78, 5) is 11.7. The van der Waals surface area contributed by atoms with E-state index in [1.54, 1.807) is 17.8 Å². The van der Waals surface area contributed by atoms with Gasteiger partial charge in [-0.05, 0) is 30.2 Å². The van der Waals surface area contributed by atoms with Gasteiger partial charge in [0.25, 0.3) is 0 Å². The zero-order valence-corrected chi connectivity index (χ0v) is 12.4. The summed E-state index contributed by atoms with van der Waals surface area (Å²) in [7, 11) is 0. The maximum atomic E-state index is 13.0. The lowest BCUT2D eigenvalue weighted by Crippen LogP contribution is -2.09. The van der Waals surface area contributed by atoms with Crippen molar-refractivity contribution in [2.45, 2.75) is 31.9 Å². The molecule has 0 amide bonds. The lowest BCUT2D eigenvalue weighted by molar-refractivity contribution is -0.116. The minimum atomic E-state index is -0.300. The molecule has 0 spiro atoms. The topological polar surface area (TPSA) is 17.1 Å². The second-order valence-corrected chi connectivity index (χ2v) is 6.26. The molecule has 0 saturated heterocycles. The molecule has 1 aromatic rings. The van der Waals surface area contributed by atoms with Crippen LogP contribution in [0.4, 0.5) is 4.39 Å². The third-order valence-electron chi connectivity index (χ3n) is 2.50. The fraction of sp³-hybridized carbons (Fsp3) is 0.462. The van der Waals surface area contributed by atoms with Crippen molar-refractivity contribution in [1.29, 1.82) is 0 Å². The quantitative estimate of drug-likeness (QED) is 0.780. The predicted molar refractivity (Wildman–Crippen MR) is 75.0 cm³/mol. The van der Waals surface area contributed by atoms with E-state index in [-0.39, 0.29) is 11.6 Å². The number of halogens is 2. The third-order valence-corrected chi connectivity index (χ3v) is 4.66. The van der Waals surface area contributed by atoms with Crippen LogP contribution in [-0.2, 0) is 11.2 Å². The molecule has 0 aliphatic carbocycles. The lowest BCUT2D eigenvalue weighted by atomic mass is 10.1. The highest BCUT2D eigenvalue weighted by atomic mass is 79.9. The van der Waals surface area contributed by atoms with Crippen LogP contribution in [0.15, 0.2) is 22.7 Å². The smallest absolute Gasteiger partial charge is 0.147 e. The van der Waals surface area contributed by atoms with Crippen LogP contribution >= 0.6 is 27.7 Å². The van der Waals surface area contributed by atoms with Crippen molar-refractivity contribution in [2.24, 2.45) is 0 Å². The Hall–Kier alpha value is -0.350. The Bertz CT molecular complexity index is 395. The molecule has 4 heteroatoms. The Kier molecular flexibility index (Phi) is 6.20. The van der Waals surface area contributed by atoms with E-state index in [1.807, 2.05) is 0 Å². The van der Waals surface area contributed by atoms with E-state index in [4.69, 9.17) is 0 Å². The van der Waals surface area contributed by atoms with E-state index in [2.05, 4.69) is 29.8 Å². The van der Waals surface area contributed by atoms with Gasteiger partial charge in [-0.3, -0.25) is 4.79 Å². The van der Waals surface area contributed by atoms with Gasteiger partial charge < -0.3 is 0 Å². The van der Waals surface area contributed by atoms with Crippen LogP contribution in [0.3, 0.4) is 0 Å². The van der Waals surface area contributed by atoms with E-state index in [0.29, 0.717) is 17.4 Å². The highest BCUT2D eigenvalue weighted by molar-refractivity contribution is 9.10. The molecule has 0 radical (unpaired) electrons. The first-order chi connectivity index (χ1) is 8.02. The van der Waals surface area contributed by atoms with E-state index in [1.165, 1.54) is 12.1 Å². The van der Waals surface area contributed by atoms with Gasteiger partial charge in [0.2, 0.25) is 0 Å². The molecule has 94 valence electrons. The molecule has 1 atom stereocenters. The maximum absolute atomic E-state index is 13.0. The minimum Gasteiger partial charge on any atom is -0.298 e. The van der Waals surface area contributed by atoms with Crippen LogP contribution in [0.2, 0.25) is 0 Å². The summed E-state index contributed by atoms with van der Waals surface area (Å²) >= 11 is 4.98. The van der Waals surface area contributed by atoms with E-state index >= 15 is 0 Å². The Morgan fingerprint density at radius 2 is 2.24 bits per heavy atom. The SMILES string of the molecule is CCC(C)SCC(=O)Cc1cc(F)ccc1Br. The summed E-state index contributed by atoms with van der Waals surface area (Å²) in [5.74, 6) is 0.338. The Labute approximate surface area is 114 Å². The van der Waals surface area contributed by atoms with Gasteiger partial charge in [-0.2, -0.15) is 11.8 Å². The van der Waals surface area contributed by atoms with E-state index in [9.17, 15) is 9.18 Å². The number of Topliss-reactive ketones (excluding diaryl/α,β-unsaturated/α-hetero) is 1. The van der Waals surface area contributed by atoms with Crippen LogP contribution in [0.1, 0.15) is 25.8 Å². The summed E-state index contributed by atoms with van der Waals surface area (Å²) in [6.45, 7) is 4.21. The molecule has 1 rings (SSSR count). The van der Waals surface area contributed by atoms with Gasteiger partial charge in [0.1, 0.15) is 11.6 Å². The summed E-state index contributed by atoms with van der Waals surface area (Å²) < 4.78 is 13.8. The number of ketones is 1. The van der Waals surface area contributed by atoms with Gasteiger partial charge in [-0.15, -0.1) is 0 Å². The molecule has 0 saturated carbocycles. The van der Waals surface area contributed by atoms with Crippen molar-refractivity contribution < 1.29 is 9.18 Å². The molecule has 1 unspecified atom stereocenters. The average molecular weight is 319 g/mol. The van der Waals surface area contributed by atoms with Crippen molar-refractivity contribution in [2.75, 3.05) is 5.75 Å². The molecule has 0 aliphatic rings. The van der Waals surface area contributed by atoms with Crippen molar-refractivity contribution in [3.8, 4) is 0 Å². The normalized spacial score (nSPS) is 12.5. The molecule has 0 aliphatic heterocycles. The van der Waals surface area contributed by atoms with Crippen molar-refractivity contribution in [3.05, 3.63) is 34.1 Å². The lowest BCUT2D eigenvalue weighted by Gasteiger charge is -2.08. The number of carbonyl (C=O) groups excluding carboxylic acids is 1. The van der Waals surface area contributed by atoms with Crippen molar-refractivity contribution >= 4 is 33.5 Å². The van der Waals surface area contributed by atoms with Gasteiger partial charge in [0.05, 0.1) is 5.75 Å². The van der Waals surface area contributed by atoms with Gasteiger partial charge in [-0.25, -0.2) is 4.39 Å². The molecule has 0 bridgehead atoms. The summed E-state index contributed by atoms with van der Waals surface area (Å²) in [5, 5.41) is 0.495. The molecule has 1 aromatic carbocycles. The zero-order valence-electron chi connectivity index (χ0n) is 10.0. The van der Waals surface area contributed by atoms with Crippen LogP contribution in [0.25, 0.3) is 0 Å². The number of thioether (sulfide) groups is 1. The standard InChI is InChI=1S/C13H16BrFOS/c1-3-9(2)17-8-12(16)7-10-6-11(15)4-5-13(10)14/h4-6,9H,3,7-8H2,1-2H3. The second-order valence-electron chi connectivity index (χ2n) is 3.98. The molecule has 0 fully saturated rings. The number of hydrogen-bond donors (Lipinski definition) is 0. The first-order valence-corrected chi connectivity index (χ1v) is 7.44. The van der Waals surface area contributed by atoms with Gasteiger partial charge in [0.15, 0.2) is 0 Å². The summed E-state index contributed by atoms with van der Waals surface area (Å²) in [6, 6.07) is 4.43. The third kappa shape index (κ3) is 5.21. The van der Waals surface area contributed by atoms with Gasteiger partial charge in [-0.1, -0.05) is 29.8 Å². The first-order valence-electron chi connectivity index (χ1n) is 5.60. The fourth-order valence-corrected chi connectivity index (χ4v) is 2.49. The summed E-state index contributed by atoms with van der Waals surface area (Å²) in [5.41, 5.74) is 0.722. The number of rotatable bonds is 6. The average Bonchev–Trinajstić information content (AvgIpc) is 2.30. The van der Waals surface area contributed by atoms with E-state index < -0.39 is 0 Å². The van der Waals surface area contributed by atoms with Crippen LogP contribution in [-0.4, -0.2) is 16.8 Å². The second kappa shape index (κ2) is 7.17. The van der Waals surface area contributed by atoms with Crippen molar-refractivity contribution in [3.63, 3.8) is 0 Å². The molecule has 1 nitrogen and oxygen atoms in total. The number of benzene rings is 1. The van der Waals surface area contributed by atoms with Gasteiger partial charge >= 0.3 is 0 Å².